The largest absolute Gasteiger partial charge is 0.379 e. The van der Waals surface area contributed by atoms with Crippen LogP contribution in [0, 0.1) is 0 Å². The molecule has 0 aliphatic carbocycles. The number of morpholine rings is 1. The molecule has 3 amide bonds. The molecule has 218 valence electrons. The molecule has 2 aliphatic heterocycles. The SMILES string of the molecule is O=C(CN1C(=O)c2ccccc2C1=O)NCc1nnc(CN2CCOCC2)n1-c1ccc(Cl)cc1C(=O)c1ccccc1. The van der Waals surface area contributed by atoms with Crippen LogP contribution in [0.5, 0.6) is 0 Å². The Morgan fingerprint density at radius 2 is 1.51 bits per heavy atom. The standard InChI is InChI=1S/C31H27ClN6O5/c32-21-10-11-25(24(16-21)29(40)20-6-2-1-3-7-20)38-26(34-35-27(38)18-36-12-14-43-15-13-36)17-33-28(39)19-37-30(41)22-8-4-5-9-23(22)31(37)42/h1-11,16H,12-15,17-19H2,(H,33,39). The lowest BCUT2D eigenvalue weighted by Crippen LogP contribution is -2.40. The summed E-state index contributed by atoms with van der Waals surface area (Å²) in [6, 6.07) is 20.3. The number of carbonyl (C=O) groups is 4. The van der Waals surface area contributed by atoms with Gasteiger partial charge in [-0.05, 0) is 30.3 Å². The Balaban J connectivity index is 1.29. The summed E-state index contributed by atoms with van der Waals surface area (Å²) in [5, 5.41) is 11.9. The first-order chi connectivity index (χ1) is 20.9. The van der Waals surface area contributed by atoms with E-state index in [-0.39, 0.29) is 23.5 Å². The van der Waals surface area contributed by atoms with Crippen LogP contribution in [0.15, 0.2) is 72.8 Å². The van der Waals surface area contributed by atoms with Gasteiger partial charge in [0, 0.05) is 29.2 Å². The Bertz CT molecular complexity index is 1680. The molecule has 0 atom stereocenters. The molecule has 0 saturated carbocycles. The molecule has 43 heavy (non-hydrogen) atoms. The third kappa shape index (κ3) is 5.82. The molecule has 1 saturated heterocycles. The van der Waals surface area contributed by atoms with Gasteiger partial charge in [0.15, 0.2) is 17.4 Å². The number of nitrogens with one attached hydrogen (secondary N) is 1. The van der Waals surface area contributed by atoms with Crippen molar-refractivity contribution in [3.8, 4) is 5.69 Å². The highest BCUT2D eigenvalue weighted by Crippen LogP contribution is 2.26. The first-order valence-electron chi connectivity index (χ1n) is 13.8. The van der Waals surface area contributed by atoms with Crippen LogP contribution in [0.2, 0.25) is 5.02 Å². The lowest BCUT2D eigenvalue weighted by atomic mass is 10.0. The Kier molecular flexibility index (Phi) is 8.10. The van der Waals surface area contributed by atoms with Gasteiger partial charge < -0.3 is 10.1 Å². The van der Waals surface area contributed by atoms with Crippen LogP contribution in [0.4, 0.5) is 0 Å². The maximum absolute atomic E-state index is 13.7. The maximum Gasteiger partial charge on any atom is 0.262 e. The van der Waals surface area contributed by atoms with Crippen molar-refractivity contribution >= 4 is 35.1 Å². The molecule has 11 nitrogen and oxygen atoms in total. The van der Waals surface area contributed by atoms with Gasteiger partial charge >= 0.3 is 0 Å². The maximum atomic E-state index is 13.7. The highest BCUT2D eigenvalue weighted by atomic mass is 35.5. The van der Waals surface area contributed by atoms with E-state index in [0.717, 1.165) is 4.90 Å². The van der Waals surface area contributed by atoms with Crippen molar-refractivity contribution in [2.75, 3.05) is 32.8 Å². The predicted octanol–water partition coefficient (Wildman–Crippen LogP) is 2.90. The van der Waals surface area contributed by atoms with Gasteiger partial charge in [0.05, 0.1) is 43.1 Å². The van der Waals surface area contributed by atoms with Crippen LogP contribution in [0.1, 0.15) is 48.3 Å². The Morgan fingerprint density at radius 1 is 0.860 bits per heavy atom. The van der Waals surface area contributed by atoms with Gasteiger partial charge in [-0.2, -0.15) is 0 Å². The van der Waals surface area contributed by atoms with Crippen LogP contribution >= 0.6 is 11.6 Å². The molecular formula is C31H27ClN6O5. The molecule has 1 aromatic heterocycles. The van der Waals surface area contributed by atoms with Crippen molar-refractivity contribution in [3.05, 3.63) is 112 Å². The zero-order chi connectivity index (χ0) is 29.9. The zero-order valence-corrected chi connectivity index (χ0v) is 23.8. The third-order valence-electron chi connectivity index (χ3n) is 7.37. The number of amides is 3. The number of ether oxygens (including phenoxy) is 1. The topological polar surface area (TPSA) is 127 Å². The molecule has 0 bridgehead atoms. The minimum Gasteiger partial charge on any atom is -0.379 e. The smallest absolute Gasteiger partial charge is 0.262 e. The van der Waals surface area contributed by atoms with E-state index in [2.05, 4.69) is 20.4 Å². The van der Waals surface area contributed by atoms with Crippen molar-refractivity contribution in [1.82, 2.24) is 29.9 Å². The molecule has 2 aliphatic rings. The molecule has 6 rings (SSSR count). The highest BCUT2D eigenvalue weighted by molar-refractivity contribution is 6.31. The van der Waals surface area contributed by atoms with E-state index >= 15 is 0 Å². The Hall–Kier alpha value is -4.71. The number of imide groups is 1. The minimum atomic E-state index is -0.546. The zero-order valence-electron chi connectivity index (χ0n) is 23.0. The van der Waals surface area contributed by atoms with Gasteiger partial charge in [-0.1, -0.05) is 54.1 Å². The molecule has 3 heterocycles. The molecule has 1 fully saturated rings. The average Bonchev–Trinajstić information content (AvgIpc) is 3.54. The second-order valence-corrected chi connectivity index (χ2v) is 10.6. The normalized spacial score (nSPS) is 15.0. The number of aromatic nitrogens is 3. The first kappa shape index (κ1) is 28.4. The second kappa shape index (κ2) is 12.3. The number of hydrogen-bond acceptors (Lipinski definition) is 8. The molecule has 3 aromatic carbocycles. The number of nitrogens with zero attached hydrogens (tertiary/aromatic N) is 5. The van der Waals surface area contributed by atoms with Crippen molar-refractivity contribution in [2.24, 2.45) is 0 Å². The molecule has 1 N–H and O–H groups in total. The molecule has 0 unspecified atom stereocenters. The highest BCUT2D eigenvalue weighted by Gasteiger charge is 2.36. The van der Waals surface area contributed by atoms with E-state index in [9.17, 15) is 19.2 Å². The van der Waals surface area contributed by atoms with E-state index in [1.54, 1.807) is 71.3 Å². The number of fused-ring (bicyclic) bond motifs is 1. The molecule has 12 heteroatoms. The van der Waals surface area contributed by atoms with E-state index < -0.39 is 24.3 Å². The number of halogens is 1. The number of benzene rings is 3. The third-order valence-corrected chi connectivity index (χ3v) is 7.60. The van der Waals surface area contributed by atoms with Crippen molar-refractivity contribution in [3.63, 3.8) is 0 Å². The van der Waals surface area contributed by atoms with Crippen molar-refractivity contribution in [2.45, 2.75) is 13.1 Å². The van der Waals surface area contributed by atoms with Gasteiger partial charge in [-0.25, -0.2) is 0 Å². The summed E-state index contributed by atoms with van der Waals surface area (Å²) in [5.41, 5.74) is 1.89. The van der Waals surface area contributed by atoms with E-state index in [0.29, 0.717) is 66.3 Å². The Labute approximate surface area is 252 Å². The van der Waals surface area contributed by atoms with E-state index in [4.69, 9.17) is 16.3 Å². The number of rotatable bonds is 9. The van der Waals surface area contributed by atoms with Gasteiger partial charge in [-0.3, -0.25) is 33.5 Å². The summed E-state index contributed by atoms with van der Waals surface area (Å²) >= 11 is 6.35. The summed E-state index contributed by atoms with van der Waals surface area (Å²) in [7, 11) is 0. The van der Waals surface area contributed by atoms with Crippen molar-refractivity contribution < 1.29 is 23.9 Å². The lowest BCUT2D eigenvalue weighted by molar-refractivity contribution is -0.121. The lowest BCUT2D eigenvalue weighted by Gasteiger charge is -2.26. The fourth-order valence-electron chi connectivity index (χ4n) is 5.20. The fraction of sp³-hybridized carbons (Fsp3) is 0.226. The second-order valence-electron chi connectivity index (χ2n) is 10.1. The molecular weight excluding hydrogens is 572 g/mol. The van der Waals surface area contributed by atoms with Gasteiger partial charge in [0.2, 0.25) is 5.91 Å². The Morgan fingerprint density at radius 3 is 2.21 bits per heavy atom. The number of carbonyl (C=O) groups excluding carboxylic acids is 4. The molecule has 0 radical (unpaired) electrons. The van der Waals surface area contributed by atoms with Gasteiger partial charge in [0.1, 0.15) is 6.54 Å². The quantitative estimate of drug-likeness (QED) is 0.230. The summed E-state index contributed by atoms with van der Waals surface area (Å²) in [4.78, 5) is 55.2. The summed E-state index contributed by atoms with van der Waals surface area (Å²) in [6.07, 6.45) is 0. The van der Waals surface area contributed by atoms with E-state index in [1.807, 2.05) is 6.07 Å². The van der Waals surface area contributed by atoms with E-state index in [1.165, 1.54) is 0 Å². The fourth-order valence-corrected chi connectivity index (χ4v) is 5.37. The molecule has 0 spiro atoms. The average molecular weight is 599 g/mol. The van der Waals surface area contributed by atoms with Crippen molar-refractivity contribution in [1.29, 1.82) is 0 Å². The summed E-state index contributed by atoms with van der Waals surface area (Å²) in [6.45, 7) is 2.51. The van der Waals surface area contributed by atoms with Gasteiger partial charge in [-0.15, -0.1) is 10.2 Å². The van der Waals surface area contributed by atoms with Crippen LogP contribution < -0.4 is 5.32 Å². The number of ketones is 1. The predicted molar refractivity (Wildman–Crippen MR) is 156 cm³/mol. The van der Waals surface area contributed by atoms with Crippen LogP contribution in [-0.4, -0.2) is 80.9 Å². The molecule has 4 aromatic rings. The number of hydrogen-bond donors (Lipinski definition) is 1. The van der Waals surface area contributed by atoms with Crippen LogP contribution in [0.25, 0.3) is 5.69 Å². The summed E-state index contributed by atoms with van der Waals surface area (Å²) < 4.78 is 7.24. The minimum absolute atomic E-state index is 0.0697. The first-order valence-corrected chi connectivity index (χ1v) is 14.1. The summed E-state index contributed by atoms with van der Waals surface area (Å²) in [5.74, 6) is -0.881. The monoisotopic (exact) mass is 598 g/mol. The van der Waals surface area contributed by atoms with Gasteiger partial charge in [0.25, 0.3) is 11.8 Å². The van der Waals surface area contributed by atoms with Crippen LogP contribution in [-0.2, 0) is 22.6 Å². The van der Waals surface area contributed by atoms with Crippen LogP contribution in [0.3, 0.4) is 0 Å².